The highest BCUT2D eigenvalue weighted by atomic mass is 127. The number of rotatable bonds is 3. The molecule has 0 amide bonds. The molecule has 1 aliphatic rings. The molecule has 1 aliphatic heterocycles. The summed E-state index contributed by atoms with van der Waals surface area (Å²) in [4.78, 5) is 14.7. The van der Waals surface area contributed by atoms with Crippen LogP contribution in [0.2, 0.25) is 0 Å². The van der Waals surface area contributed by atoms with Crippen molar-refractivity contribution in [1.29, 1.82) is 0 Å². The van der Waals surface area contributed by atoms with E-state index in [1.807, 2.05) is 18.8 Å². The van der Waals surface area contributed by atoms with E-state index in [-0.39, 0.29) is 6.42 Å². The second-order valence-electron chi connectivity index (χ2n) is 3.25. The zero-order valence-corrected chi connectivity index (χ0v) is 11.6. The fourth-order valence-electron chi connectivity index (χ4n) is 1.43. The van der Waals surface area contributed by atoms with E-state index < -0.39 is 5.97 Å². The molecule has 0 aromatic carbocycles. The molecular weight excluding hydrogens is 325 g/mol. The van der Waals surface area contributed by atoms with Crippen molar-refractivity contribution in [3.05, 3.63) is 9.15 Å². The summed E-state index contributed by atoms with van der Waals surface area (Å²) >= 11 is 4.15. The first-order valence-corrected chi connectivity index (χ1v) is 7.01. The van der Waals surface area contributed by atoms with E-state index in [9.17, 15) is 4.79 Å². The highest BCUT2D eigenvalue weighted by molar-refractivity contribution is 14.1. The molecule has 1 fully saturated rings. The van der Waals surface area contributed by atoms with Gasteiger partial charge in [-0.15, -0.1) is 0 Å². The largest absolute Gasteiger partial charge is 0.481 e. The highest BCUT2D eigenvalue weighted by Gasteiger charge is 2.16. The Bertz CT molecular complexity index is 313. The molecule has 0 aromatic heterocycles. The van der Waals surface area contributed by atoms with Gasteiger partial charge in [0.05, 0.1) is 0 Å². The monoisotopic (exact) mass is 339 g/mol. The Morgan fingerprint density at radius 3 is 2.93 bits per heavy atom. The molecule has 0 aliphatic carbocycles. The maximum Gasteiger partial charge on any atom is 0.303 e. The summed E-state index contributed by atoms with van der Waals surface area (Å²) in [6.07, 6.45) is 1.85. The van der Waals surface area contributed by atoms with Crippen molar-refractivity contribution >= 4 is 46.0 Å². The topological polar surface area (TPSA) is 49.7 Å². The number of carboxylic acids is 1. The normalized spacial score (nSPS) is 22.9. The first kappa shape index (κ1) is 13.0. The minimum Gasteiger partial charge on any atom is -0.481 e. The van der Waals surface area contributed by atoms with Crippen LogP contribution < -0.4 is 0 Å². The van der Waals surface area contributed by atoms with Crippen LogP contribution in [0.5, 0.6) is 0 Å². The molecule has 84 valence electrons. The number of aliphatic carboxylic acids is 1. The van der Waals surface area contributed by atoms with Gasteiger partial charge < -0.3 is 5.11 Å². The summed E-state index contributed by atoms with van der Waals surface area (Å²) in [5.74, 6) is 1.37. The predicted octanol–water partition coefficient (Wildman–Crippen LogP) is 2.75. The number of hydrogen-bond donors (Lipinski definition) is 1. The van der Waals surface area contributed by atoms with Crippen molar-refractivity contribution in [2.24, 2.45) is 4.99 Å². The maximum atomic E-state index is 10.5. The van der Waals surface area contributed by atoms with Gasteiger partial charge >= 0.3 is 5.97 Å². The van der Waals surface area contributed by atoms with Crippen molar-refractivity contribution in [1.82, 2.24) is 0 Å². The summed E-state index contributed by atoms with van der Waals surface area (Å²) in [7, 11) is 1.81. The molecule has 3 nitrogen and oxygen atoms in total. The molecule has 1 rings (SSSR count). The Morgan fingerprint density at radius 2 is 2.33 bits per heavy atom. The lowest BCUT2D eigenvalue weighted by atomic mass is 10.1. The van der Waals surface area contributed by atoms with Gasteiger partial charge in [0.2, 0.25) is 0 Å². The average Bonchev–Trinajstić information content (AvgIpc) is 2.25. The van der Waals surface area contributed by atoms with E-state index in [1.165, 1.54) is 5.57 Å². The molecule has 0 unspecified atom stereocenters. The Hall–Kier alpha value is -0.0400. The van der Waals surface area contributed by atoms with Gasteiger partial charge in [-0.3, -0.25) is 9.79 Å². The van der Waals surface area contributed by atoms with Crippen molar-refractivity contribution in [2.75, 3.05) is 18.6 Å². The summed E-state index contributed by atoms with van der Waals surface area (Å²) in [6, 6.07) is 0. The number of halogens is 1. The summed E-state index contributed by atoms with van der Waals surface area (Å²) in [6.45, 7) is 0. The minimum absolute atomic E-state index is 0.212. The Labute approximate surface area is 108 Å². The number of carboxylic acid groups (broad SMARTS) is 1. The number of allylic oxidation sites excluding steroid dienone is 1. The maximum absolute atomic E-state index is 10.5. The lowest BCUT2D eigenvalue weighted by Gasteiger charge is -2.18. The molecular formula is C10H14INO2S. The first-order chi connectivity index (χ1) is 7.15. The molecule has 0 aromatic rings. The lowest BCUT2D eigenvalue weighted by Crippen LogP contribution is -2.14. The van der Waals surface area contributed by atoms with Crippen LogP contribution in [0, 0.1) is 0 Å². The van der Waals surface area contributed by atoms with Crippen molar-refractivity contribution < 1.29 is 9.90 Å². The zero-order valence-electron chi connectivity index (χ0n) is 8.62. The second-order valence-corrected chi connectivity index (χ2v) is 5.66. The lowest BCUT2D eigenvalue weighted by molar-refractivity contribution is -0.136. The van der Waals surface area contributed by atoms with Gasteiger partial charge in [0.15, 0.2) is 0 Å². The molecule has 0 bridgehead atoms. The SMILES string of the molecule is CN=C1CCSC/C1=C(/I)CCC(=O)O. The summed E-state index contributed by atoms with van der Waals surface area (Å²) < 4.78 is 1.16. The average molecular weight is 339 g/mol. The van der Waals surface area contributed by atoms with Crippen molar-refractivity contribution in [2.45, 2.75) is 19.3 Å². The number of hydrogen-bond acceptors (Lipinski definition) is 3. The van der Waals surface area contributed by atoms with Crippen LogP contribution in [0.3, 0.4) is 0 Å². The number of thioether (sulfide) groups is 1. The predicted molar refractivity (Wildman–Crippen MR) is 73.2 cm³/mol. The molecule has 0 spiro atoms. The molecule has 5 heteroatoms. The van der Waals surface area contributed by atoms with E-state index in [2.05, 4.69) is 27.6 Å². The van der Waals surface area contributed by atoms with Crippen LogP contribution in [0.4, 0.5) is 0 Å². The van der Waals surface area contributed by atoms with Gasteiger partial charge in [0.1, 0.15) is 0 Å². The number of carbonyl (C=O) groups is 1. The van der Waals surface area contributed by atoms with Crippen molar-refractivity contribution in [3.63, 3.8) is 0 Å². The van der Waals surface area contributed by atoms with Gasteiger partial charge in [0.25, 0.3) is 0 Å². The van der Waals surface area contributed by atoms with Gasteiger partial charge in [-0.05, 0) is 50.3 Å². The van der Waals surface area contributed by atoms with E-state index in [1.54, 1.807) is 0 Å². The molecule has 0 radical (unpaired) electrons. The van der Waals surface area contributed by atoms with Crippen molar-refractivity contribution in [3.8, 4) is 0 Å². The molecule has 0 atom stereocenters. The highest BCUT2D eigenvalue weighted by Crippen LogP contribution is 2.28. The Kier molecular flexibility index (Phi) is 5.66. The van der Waals surface area contributed by atoms with Gasteiger partial charge in [0, 0.05) is 24.9 Å². The summed E-state index contributed by atoms with van der Waals surface area (Å²) in [5, 5.41) is 8.62. The first-order valence-electron chi connectivity index (χ1n) is 4.78. The third-order valence-corrected chi connectivity index (χ3v) is 4.41. The second kappa shape index (κ2) is 6.52. The van der Waals surface area contributed by atoms with Gasteiger partial charge in [-0.1, -0.05) is 0 Å². The van der Waals surface area contributed by atoms with Crippen LogP contribution in [0.15, 0.2) is 14.1 Å². The zero-order chi connectivity index (χ0) is 11.3. The molecule has 1 saturated heterocycles. The van der Waals surface area contributed by atoms with E-state index in [0.29, 0.717) is 6.42 Å². The van der Waals surface area contributed by atoms with Crippen LogP contribution in [0.25, 0.3) is 0 Å². The molecule has 0 saturated carbocycles. The third-order valence-electron chi connectivity index (χ3n) is 2.23. The third kappa shape index (κ3) is 4.14. The van der Waals surface area contributed by atoms with Crippen LogP contribution >= 0.6 is 34.4 Å². The molecule has 1 heterocycles. The molecule has 1 N–H and O–H groups in total. The smallest absolute Gasteiger partial charge is 0.303 e. The van der Waals surface area contributed by atoms with Crippen LogP contribution in [-0.2, 0) is 4.79 Å². The van der Waals surface area contributed by atoms with E-state index in [0.717, 1.165) is 27.2 Å². The van der Waals surface area contributed by atoms with Crippen LogP contribution in [-0.4, -0.2) is 35.3 Å². The van der Waals surface area contributed by atoms with E-state index >= 15 is 0 Å². The van der Waals surface area contributed by atoms with Crippen LogP contribution in [0.1, 0.15) is 19.3 Å². The fraction of sp³-hybridized carbons (Fsp3) is 0.600. The Balaban J connectivity index is 2.71. The summed E-state index contributed by atoms with van der Waals surface area (Å²) in [5.41, 5.74) is 2.42. The van der Waals surface area contributed by atoms with Gasteiger partial charge in [-0.25, -0.2) is 0 Å². The van der Waals surface area contributed by atoms with Gasteiger partial charge in [-0.2, -0.15) is 11.8 Å². The standard InChI is InChI=1S/C10H14INO2S/c1-12-9-4-5-15-6-7(9)8(11)2-3-10(13)14/h2-6H2,1H3,(H,13,14)/b8-7-,12-9?. The minimum atomic E-state index is -0.733. The fourth-order valence-corrected chi connectivity index (χ4v) is 3.48. The number of nitrogens with zero attached hydrogens (tertiary/aromatic N) is 1. The molecule has 15 heavy (non-hydrogen) atoms. The number of aliphatic imine (C=N–C) groups is 1. The Morgan fingerprint density at radius 1 is 1.60 bits per heavy atom. The quantitative estimate of drug-likeness (QED) is 0.805. The van der Waals surface area contributed by atoms with E-state index in [4.69, 9.17) is 5.11 Å².